The van der Waals surface area contributed by atoms with Crippen molar-refractivity contribution in [2.24, 2.45) is 17.8 Å². The van der Waals surface area contributed by atoms with Gasteiger partial charge in [-0.3, -0.25) is 4.79 Å². The molecule has 1 fully saturated rings. The van der Waals surface area contributed by atoms with Gasteiger partial charge in [0.25, 0.3) is 0 Å². The van der Waals surface area contributed by atoms with Gasteiger partial charge < -0.3 is 10.1 Å². The minimum atomic E-state index is 0. The number of hydrogen-bond donors (Lipinski definition) is 1. The van der Waals surface area contributed by atoms with Gasteiger partial charge in [-0.1, -0.05) is 110 Å². The summed E-state index contributed by atoms with van der Waals surface area (Å²) in [5, 5.41) is 17.6. The van der Waals surface area contributed by atoms with Crippen molar-refractivity contribution >= 4 is 38.1 Å². The van der Waals surface area contributed by atoms with E-state index in [1.807, 2.05) is 6.20 Å². The Morgan fingerprint density at radius 1 is 0.816 bits per heavy atom. The second-order valence-electron chi connectivity index (χ2n) is 14.3. The number of aliphatic hydroxyl groups excluding tert-OH is 1. The molecule has 0 saturated heterocycles. The SMILES string of the molecule is CC(C)c1[c-]c(-c2nccc3c2ccc2c4ccccc4ccc32)cc(C(C)C)c1.CCC(CC)/C(O)=C/C(=O)C(CC)C1CCCC1.[Ir]. The zero-order chi connectivity index (χ0) is 34.4. The molecule has 0 bridgehead atoms. The summed E-state index contributed by atoms with van der Waals surface area (Å²) in [6.45, 7) is 15.2. The van der Waals surface area contributed by atoms with Crippen molar-refractivity contribution in [3.05, 3.63) is 102 Å². The van der Waals surface area contributed by atoms with Crippen LogP contribution < -0.4 is 0 Å². The summed E-state index contributed by atoms with van der Waals surface area (Å²) in [6, 6.07) is 27.9. The fourth-order valence-electron chi connectivity index (χ4n) is 7.56. The van der Waals surface area contributed by atoms with Gasteiger partial charge in [-0.25, -0.2) is 0 Å². The minimum absolute atomic E-state index is 0. The van der Waals surface area contributed by atoms with Gasteiger partial charge in [0.05, 0.1) is 5.76 Å². The Kier molecular flexibility index (Phi) is 13.8. The molecule has 261 valence electrons. The van der Waals surface area contributed by atoms with Gasteiger partial charge in [0, 0.05) is 44.2 Å². The quantitative estimate of drug-likeness (QED) is 0.0660. The Hall–Kier alpha value is -3.33. The molecule has 1 radical (unpaired) electrons. The van der Waals surface area contributed by atoms with Crippen LogP contribution in [0.3, 0.4) is 0 Å². The number of carbonyl (C=O) groups excluding carboxylic acids is 1. The van der Waals surface area contributed by atoms with Gasteiger partial charge in [0.2, 0.25) is 0 Å². The Morgan fingerprint density at radius 3 is 2.10 bits per heavy atom. The van der Waals surface area contributed by atoms with Crippen molar-refractivity contribution in [3.8, 4) is 11.3 Å². The number of pyridine rings is 1. The summed E-state index contributed by atoms with van der Waals surface area (Å²) in [6.07, 6.45) is 11.0. The van der Waals surface area contributed by atoms with Crippen LogP contribution in [0.15, 0.2) is 84.8 Å². The van der Waals surface area contributed by atoms with E-state index >= 15 is 0 Å². The topological polar surface area (TPSA) is 50.2 Å². The maximum absolute atomic E-state index is 12.3. The molecule has 1 saturated carbocycles. The van der Waals surface area contributed by atoms with E-state index in [-0.39, 0.29) is 37.7 Å². The molecule has 4 aromatic carbocycles. The van der Waals surface area contributed by atoms with E-state index in [0.29, 0.717) is 23.5 Å². The summed E-state index contributed by atoms with van der Waals surface area (Å²) in [4.78, 5) is 17.1. The Bertz CT molecular complexity index is 1870. The Balaban J connectivity index is 0.000000246. The molecule has 1 aliphatic carbocycles. The summed E-state index contributed by atoms with van der Waals surface area (Å²) in [7, 11) is 0. The van der Waals surface area contributed by atoms with Gasteiger partial charge in [-0.15, -0.1) is 34.9 Å². The average Bonchev–Trinajstić information content (AvgIpc) is 3.63. The predicted octanol–water partition coefficient (Wildman–Crippen LogP) is 12.9. The van der Waals surface area contributed by atoms with Crippen LogP contribution in [-0.4, -0.2) is 15.9 Å². The van der Waals surface area contributed by atoms with Crippen LogP contribution in [0.2, 0.25) is 0 Å². The smallest absolute Gasteiger partial charge is 0.162 e. The number of nitrogens with zero attached hydrogens (tertiary/aromatic N) is 1. The van der Waals surface area contributed by atoms with E-state index in [0.717, 1.165) is 30.5 Å². The van der Waals surface area contributed by atoms with E-state index in [2.05, 4.69) is 121 Å². The molecule has 1 unspecified atom stereocenters. The zero-order valence-electron chi connectivity index (χ0n) is 30.5. The van der Waals surface area contributed by atoms with Crippen molar-refractivity contribution < 1.29 is 30.0 Å². The van der Waals surface area contributed by atoms with Crippen LogP contribution in [0.5, 0.6) is 0 Å². The van der Waals surface area contributed by atoms with Crippen molar-refractivity contribution in [2.45, 2.75) is 105 Å². The van der Waals surface area contributed by atoms with Crippen molar-refractivity contribution in [3.63, 3.8) is 0 Å². The van der Waals surface area contributed by atoms with Crippen molar-refractivity contribution in [1.82, 2.24) is 4.98 Å². The number of ketones is 1. The van der Waals surface area contributed by atoms with Gasteiger partial charge in [-0.2, -0.15) is 0 Å². The van der Waals surface area contributed by atoms with Crippen LogP contribution >= 0.6 is 0 Å². The first kappa shape index (κ1) is 38.5. The molecule has 1 aromatic heterocycles. The molecule has 0 spiro atoms. The van der Waals surface area contributed by atoms with Crippen molar-refractivity contribution in [2.75, 3.05) is 0 Å². The van der Waals surface area contributed by atoms with Crippen LogP contribution in [0.4, 0.5) is 0 Å². The number of carbonyl (C=O) groups is 1. The molecule has 0 aliphatic heterocycles. The van der Waals surface area contributed by atoms with E-state index < -0.39 is 0 Å². The summed E-state index contributed by atoms with van der Waals surface area (Å²) in [5.41, 5.74) is 4.71. The third-order valence-corrected chi connectivity index (χ3v) is 10.6. The maximum atomic E-state index is 12.3. The van der Waals surface area contributed by atoms with E-state index in [1.54, 1.807) is 0 Å². The van der Waals surface area contributed by atoms with E-state index in [4.69, 9.17) is 4.98 Å². The second kappa shape index (κ2) is 17.6. The molecular weight excluding hydrogens is 779 g/mol. The molecule has 3 nitrogen and oxygen atoms in total. The number of aromatic nitrogens is 1. The molecule has 5 aromatic rings. The first-order chi connectivity index (χ1) is 23.2. The fraction of sp³-hybridized carbons (Fsp3) is 0.422. The molecule has 1 heterocycles. The normalized spacial score (nSPS) is 14.4. The molecule has 6 rings (SSSR count). The molecule has 0 amide bonds. The molecule has 1 aliphatic rings. The molecule has 1 N–H and O–H groups in total. The van der Waals surface area contributed by atoms with Crippen LogP contribution in [-0.2, 0) is 24.9 Å². The van der Waals surface area contributed by atoms with Gasteiger partial charge in [0.1, 0.15) is 0 Å². The van der Waals surface area contributed by atoms with Gasteiger partial charge in [-0.05, 0) is 93.9 Å². The third kappa shape index (κ3) is 8.70. The monoisotopic (exact) mass is 833 g/mol. The van der Waals surface area contributed by atoms with Gasteiger partial charge >= 0.3 is 0 Å². The zero-order valence-corrected chi connectivity index (χ0v) is 32.9. The first-order valence-electron chi connectivity index (χ1n) is 18.4. The summed E-state index contributed by atoms with van der Waals surface area (Å²) >= 11 is 0. The number of aliphatic hydroxyl groups is 1. The Labute approximate surface area is 308 Å². The fourth-order valence-corrected chi connectivity index (χ4v) is 7.56. The number of rotatable bonds is 10. The molecule has 49 heavy (non-hydrogen) atoms. The Morgan fingerprint density at radius 2 is 1.45 bits per heavy atom. The average molecular weight is 833 g/mol. The summed E-state index contributed by atoms with van der Waals surface area (Å²) in [5.74, 6) is 2.17. The maximum Gasteiger partial charge on any atom is 0.162 e. The second-order valence-corrected chi connectivity index (χ2v) is 14.3. The van der Waals surface area contributed by atoms with Crippen LogP contribution in [0.1, 0.15) is 116 Å². The number of fused-ring (bicyclic) bond motifs is 5. The van der Waals surface area contributed by atoms with E-state index in [9.17, 15) is 9.90 Å². The minimum Gasteiger partial charge on any atom is -0.512 e. The molecule has 4 heteroatoms. The van der Waals surface area contributed by atoms with Crippen LogP contribution in [0.25, 0.3) is 43.6 Å². The predicted molar refractivity (Wildman–Crippen MR) is 205 cm³/mol. The third-order valence-electron chi connectivity index (χ3n) is 10.6. The molecular formula is C45H54IrNO2-. The van der Waals surface area contributed by atoms with Crippen LogP contribution in [0, 0.1) is 23.8 Å². The van der Waals surface area contributed by atoms with Gasteiger partial charge in [0.15, 0.2) is 5.78 Å². The van der Waals surface area contributed by atoms with E-state index in [1.165, 1.54) is 75.2 Å². The first-order valence-corrected chi connectivity index (χ1v) is 18.4. The number of allylic oxidation sites excluding steroid dienone is 2. The standard InChI is InChI=1S/C29H26N.C16H28O2.Ir/c1-18(2)21-15-22(19(3)4)17-23(16-21)29-28-12-11-25-24-8-6-5-7-20(24)9-10-26(25)27(28)13-14-30-29;1-4-12(5-2)15(17)11-16(18)14(6-3)13-9-7-8-10-13;/h5-16,18-19H,1-4H3;11-14,17H,4-10H2,1-3H3;/q-1;;/b;15-11-;. The number of benzene rings is 4. The molecule has 1 atom stereocenters. The summed E-state index contributed by atoms with van der Waals surface area (Å²) < 4.78 is 0. The van der Waals surface area contributed by atoms with Crippen molar-refractivity contribution in [1.29, 1.82) is 0 Å². The largest absolute Gasteiger partial charge is 0.512 e. The number of hydrogen-bond acceptors (Lipinski definition) is 3.